The van der Waals surface area contributed by atoms with Gasteiger partial charge in [-0.25, -0.2) is 38.1 Å². The Kier molecular flexibility index (Phi) is 22.7. The monoisotopic (exact) mass is 1220 g/mol. The van der Waals surface area contributed by atoms with E-state index in [0.717, 1.165) is 17.0 Å². The standard InChI is InChI=1S/C23H25FN4O2.C22H22F2N4O2.C21H20F2N4O2/c1-5-22(29)28(4)21-11-8-16(12-18(21)24)19-9-10-20(27-19)23(30)25-13-17-7-6-14(2)26-15(17)3;1-4-21(29)28(3)19-9-5-14(11-16(19)23)17-7-8-18(27-17)22(30)25-12-15-6-10-20(24)26-13(15)2;1-3-20(28)27(2)18-8-5-14(10-15(18)22)16-6-7-17(26-16)21(29)25-12-13-4-9-19(23)24-11-13/h6-8,10-12H,5,9,13H2,1-4H3,(H,25,30);5-6,8-11H,4,7,12H2,1-3H3,(H,25,30);4-5,7-11H,3,6,12H2,1-2H3,(H,25,29). The molecule has 0 atom stereocenters. The van der Waals surface area contributed by atoms with Crippen LogP contribution in [0.5, 0.6) is 0 Å². The number of carbonyl (C=O) groups excluding carboxylic acids is 6. The molecule has 23 heteroatoms. The number of hydrogen-bond donors (Lipinski definition) is 3. The second-order valence-electron chi connectivity index (χ2n) is 20.6. The van der Waals surface area contributed by atoms with Gasteiger partial charge in [-0.2, -0.15) is 8.78 Å². The molecule has 0 fully saturated rings. The summed E-state index contributed by atoms with van der Waals surface area (Å²) in [4.78, 5) is 101. The fourth-order valence-electron chi connectivity index (χ4n) is 9.22. The molecule has 3 aliphatic heterocycles. The van der Waals surface area contributed by atoms with Crippen molar-refractivity contribution in [2.45, 2.75) is 99.7 Å². The molecule has 3 N–H and O–H groups in total. The summed E-state index contributed by atoms with van der Waals surface area (Å²) < 4.78 is 69.4. The fourth-order valence-corrected chi connectivity index (χ4v) is 9.22. The lowest BCUT2D eigenvalue weighted by Gasteiger charge is -2.17. The Hall–Kier alpha value is -10.2. The van der Waals surface area contributed by atoms with Gasteiger partial charge < -0.3 is 30.7 Å². The van der Waals surface area contributed by atoms with Crippen molar-refractivity contribution in [2.24, 2.45) is 15.0 Å². The van der Waals surface area contributed by atoms with E-state index in [2.05, 4.69) is 45.9 Å². The van der Waals surface area contributed by atoms with Crippen LogP contribution in [0.2, 0.25) is 0 Å². The number of hydrogen-bond acceptors (Lipinski definition) is 12. The van der Waals surface area contributed by atoms with Crippen LogP contribution in [0.4, 0.5) is 39.0 Å². The van der Waals surface area contributed by atoms with Crippen molar-refractivity contribution in [3.05, 3.63) is 212 Å². The van der Waals surface area contributed by atoms with Crippen LogP contribution in [0.25, 0.3) is 0 Å². The van der Waals surface area contributed by atoms with Gasteiger partial charge in [-0.05, 0) is 127 Å². The van der Waals surface area contributed by atoms with E-state index in [1.807, 2.05) is 26.0 Å². The molecule has 0 saturated heterocycles. The smallest absolute Gasteiger partial charge is 0.269 e. The third-order valence-electron chi connectivity index (χ3n) is 14.5. The minimum Gasteiger partial charge on any atom is -0.347 e. The lowest BCUT2D eigenvalue weighted by Crippen LogP contribution is -2.26. The molecule has 3 aliphatic rings. The Morgan fingerprint density at radius 3 is 1.15 bits per heavy atom. The number of allylic oxidation sites excluding steroid dienone is 3. The number of nitrogens with zero attached hydrogens (tertiary/aromatic N) is 9. The number of rotatable bonds is 18. The van der Waals surface area contributed by atoms with Crippen molar-refractivity contribution >= 4 is 69.6 Å². The highest BCUT2D eigenvalue weighted by Crippen LogP contribution is 2.27. The van der Waals surface area contributed by atoms with Crippen molar-refractivity contribution in [3.63, 3.8) is 0 Å². The highest BCUT2D eigenvalue weighted by molar-refractivity contribution is 6.11. The number of nitrogens with one attached hydrogen (secondary N) is 3. The van der Waals surface area contributed by atoms with Crippen LogP contribution in [0.1, 0.15) is 110 Å². The second-order valence-corrected chi connectivity index (χ2v) is 20.6. The second kappa shape index (κ2) is 30.4. The third kappa shape index (κ3) is 17.3. The first-order valence-electron chi connectivity index (χ1n) is 28.5. The topological polar surface area (TPSA) is 224 Å². The molecular weight excluding hydrogens is 1150 g/mol. The maximum absolute atomic E-state index is 14.5. The zero-order chi connectivity index (χ0) is 64.6. The van der Waals surface area contributed by atoms with Crippen LogP contribution in [0, 0.1) is 50.1 Å². The van der Waals surface area contributed by atoms with Gasteiger partial charge in [0.15, 0.2) is 0 Å². The number of anilines is 3. The number of amides is 6. The summed E-state index contributed by atoms with van der Waals surface area (Å²) in [5.74, 6) is -4.30. The molecule has 89 heavy (non-hydrogen) atoms. The normalized spacial score (nSPS) is 13.0. The van der Waals surface area contributed by atoms with E-state index in [4.69, 9.17) is 0 Å². The largest absolute Gasteiger partial charge is 0.347 e. The molecule has 9 rings (SSSR count). The van der Waals surface area contributed by atoms with Gasteiger partial charge in [0.25, 0.3) is 17.7 Å². The van der Waals surface area contributed by atoms with Gasteiger partial charge in [0.05, 0.1) is 34.2 Å². The van der Waals surface area contributed by atoms with Crippen LogP contribution in [0.3, 0.4) is 0 Å². The number of carbonyl (C=O) groups is 6. The molecule has 462 valence electrons. The Bertz CT molecular complexity index is 3750. The lowest BCUT2D eigenvalue weighted by atomic mass is 10.1. The molecule has 6 aromatic rings. The lowest BCUT2D eigenvalue weighted by molar-refractivity contribution is -0.118. The predicted octanol–water partition coefficient (Wildman–Crippen LogP) is 10.2. The van der Waals surface area contributed by atoms with Crippen LogP contribution < -0.4 is 30.7 Å². The summed E-state index contributed by atoms with van der Waals surface area (Å²) in [6.07, 6.45) is 8.47. The summed E-state index contributed by atoms with van der Waals surface area (Å²) >= 11 is 0. The molecule has 0 spiro atoms. The predicted molar refractivity (Wildman–Crippen MR) is 330 cm³/mol. The van der Waals surface area contributed by atoms with Gasteiger partial charge in [-0.15, -0.1) is 0 Å². The number of aromatic nitrogens is 3. The van der Waals surface area contributed by atoms with Gasteiger partial charge in [-0.1, -0.05) is 57.2 Å². The molecule has 0 unspecified atom stereocenters. The molecule has 0 aliphatic carbocycles. The van der Waals surface area contributed by atoms with Gasteiger partial charge in [0.1, 0.15) is 34.5 Å². The number of pyridine rings is 3. The average molecular weight is 1220 g/mol. The minimum absolute atomic E-state index is 0.167. The highest BCUT2D eigenvalue weighted by Gasteiger charge is 2.24. The maximum Gasteiger partial charge on any atom is 0.269 e. The van der Waals surface area contributed by atoms with Gasteiger partial charge in [-0.3, -0.25) is 33.8 Å². The maximum atomic E-state index is 14.5. The first kappa shape index (κ1) is 66.3. The Balaban J connectivity index is 0.000000190. The summed E-state index contributed by atoms with van der Waals surface area (Å²) in [6.45, 7) is 11.4. The molecule has 3 aromatic carbocycles. The van der Waals surface area contributed by atoms with Crippen LogP contribution in [-0.2, 0) is 48.4 Å². The zero-order valence-corrected chi connectivity index (χ0v) is 50.7. The van der Waals surface area contributed by atoms with E-state index in [-0.39, 0.29) is 89.8 Å². The number of aliphatic imine (C=N–C) groups is 3. The summed E-state index contributed by atoms with van der Waals surface area (Å²) in [5.41, 5.74) is 9.43. The van der Waals surface area contributed by atoms with Crippen molar-refractivity contribution in [1.82, 2.24) is 30.9 Å². The van der Waals surface area contributed by atoms with Crippen LogP contribution >= 0.6 is 0 Å². The first-order valence-corrected chi connectivity index (χ1v) is 28.5. The van der Waals surface area contributed by atoms with Gasteiger partial charge in [0.2, 0.25) is 29.6 Å². The molecule has 0 saturated carbocycles. The summed E-state index contributed by atoms with van der Waals surface area (Å²) in [6, 6.07) is 23.1. The van der Waals surface area contributed by atoms with E-state index in [0.29, 0.717) is 88.6 Å². The van der Waals surface area contributed by atoms with Crippen LogP contribution in [0.15, 0.2) is 147 Å². The molecule has 6 amide bonds. The Morgan fingerprint density at radius 2 is 0.809 bits per heavy atom. The van der Waals surface area contributed by atoms with E-state index in [9.17, 15) is 50.7 Å². The van der Waals surface area contributed by atoms with Gasteiger partial charge in [0, 0.05) is 103 Å². The minimum atomic E-state index is -0.587. The SMILES string of the molecule is CCC(=O)N(C)c1ccc(C2=NC(C(=O)NCc3ccc(C)nc3C)=CC2)cc1F.CCC(=O)N(C)c1ccc(C2=NC(C(=O)NCc3ccc(F)nc3)=CC2)cc1F.CCC(=O)N(C)c1ccc(C2=NC(C(=O)NCc3ccc(F)nc3C)=CC2)cc1F. The fraction of sp³-hybridized carbons (Fsp3) is 0.273. The van der Waals surface area contributed by atoms with E-state index in [1.165, 1.54) is 83.5 Å². The molecule has 18 nitrogen and oxygen atoms in total. The van der Waals surface area contributed by atoms with E-state index in [1.54, 1.807) is 83.3 Å². The van der Waals surface area contributed by atoms with Crippen LogP contribution in [-0.4, -0.2) is 88.7 Å². The Labute approximate surface area is 512 Å². The number of aryl methyl sites for hydroxylation is 3. The van der Waals surface area contributed by atoms with E-state index < -0.39 is 29.3 Å². The van der Waals surface area contributed by atoms with Gasteiger partial charge >= 0.3 is 0 Å². The van der Waals surface area contributed by atoms with Crippen molar-refractivity contribution < 1.29 is 50.7 Å². The van der Waals surface area contributed by atoms with Crippen molar-refractivity contribution in [1.29, 1.82) is 0 Å². The number of benzene rings is 3. The molecule has 0 radical (unpaired) electrons. The average Bonchev–Trinajstić information content (AvgIpc) is 3.70. The molecular formula is C66H67F5N12O6. The van der Waals surface area contributed by atoms with Crippen molar-refractivity contribution in [2.75, 3.05) is 35.8 Å². The van der Waals surface area contributed by atoms with E-state index >= 15 is 0 Å². The summed E-state index contributed by atoms with van der Waals surface area (Å²) in [7, 11) is 4.60. The molecule has 0 bridgehead atoms. The quantitative estimate of drug-likeness (QED) is 0.0549. The Morgan fingerprint density at radius 1 is 0.449 bits per heavy atom. The first-order chi connectivity index (χ1) is 42.5. The van der Waals surface area contributed by atoms with Crippen molar-refractivity contribution in [3.8, 4) is 0 Å². The summed E-state index contributed by atoms with van der Waals surface area (Å²) in [5, 5.41) is 8.28. The third-order valence-corrected chi connectivity index (χ3v) is 14.5. The highest BCUT2D eigenvalue weighted by atomic mass is 19.1. The molecule has 3 aromatic heterocycles. The zero-order valence-electron chi connectivity index (χ0n) is 50.7. The molecule has 6 heterocycles. The number of halogens is 5.